The fourth-order valence-corrected chi connectivity index (χ4v) is 6.36. The van der Waals surface area contributed by atoms with Gasteiger partial charge in [0.1, 0.15) is 5.54 Å². The van der Waals surface area contributed by atoms with Crippen molar-refractivity contribution < 1.29 is 14.4 Å². The van der Waals surface area contributed by atoms with Crippen molar-refractivity contribution in [1.29, 1.82) is 0 Å². The van der Waals surface area contributed by atoms with Gasteiger partial charge in [0.05, 0.1) is 17.5 Å². The lowest BCUT2D eigenvalue weighted by Gasteiger charge is -2.29. The number of amides is 3. The molecule has 0 bridgehead atoms. The maximum absolute atomic E-state index is 13.9. The van der Waals surface area contributed by atoms with Crippen molar-refractivity contribution in [2.45, 2.75) is 31.3 Å². The predicted octanol–water partition coefficient (Wildman–Crippen LogP) is 3.85. The van der Waals surface area contributed by atoms with Crippen LogP contribution in [0.2, 0.25) is 5.02 Å². The Labute approximate surface area is 214 Å². The molecule has 3 amide bonds. The molecule has 36 heavy (non-hydrogen) atoms. The van der Waals surface area contributed by atoms with Crippen molar-refractivity contribution in [2.24, 2.45) is 11.8 Å². The first kappa shape index (κ1) is 23.0. The maximum Gasteiger partial charge on any atom is 0.250 e. The largest absolute Gasteiger partial charge is 0.324 e. The summed E-state index contributed by atoms with van der Waals surface area (Å²) in [7, 11) is 0. The number of halogens is 1. The Bertz CT molecular complexity index is 1380. The van der Waals surface area contributed by atoms with Crippen molar-refractivity contribution in [3.63, 3.8) is 0 Å². The number of nitrogens with zero attached hydrogens (tertiary/aromatic N) is 1. The van der Waals surface area contributed by atoms with Crippen molar-refractivity contribution in [3.8, 4) is 0 Å². The van der Waals surface area contributed by atoms with Crippen LogP contribution in [0.15, 0.2) is 72.8 Å². The first-order valence-electron chi connectivity index (χ1n) is 12.2. The van der Waals surface area contributed by atoms with E-state index in [0.29, 0.717) is 29.1 Å². The van der Waals surface area contributed by atoms with Gasteiger partial charge >= 0.3 is 0 Å². The highest BCUT2D eigenvalue weighted by Gasteiger charge is 2.70. The van der Waals surface area contributed by atoms with Crippen molar-refractivity contribution >= 4 is 35.0 Å². The van der Waals surface area contributed by atoms with E-state index in [0.717, 1.165) is 16.7 Å². The molecule has 2 fully saturated rings. The SMILES string of the molecule is Cc1c(Cl)ccc2c1NC(=O)[C@@]21N[C@@H](Cc2ccccc2)[C@H]2C(=O)N(CCc3ccccc3)C(=O)[C@H]21. The molecule has 6 rings (SSSR count). The van der Waals surface area contributed by atoms with Crippen LogP contribution in [-0.2, 0) is 32.8 Å². The van der Waals surface area contributed by atoms with E-state index in [1.807, 2.05) is 73.7 Å². The van der Waals surface area contributed by atoms with Crippen LogP contribution in [0, 0.1) is 18.8 Å². The highest BCUT2D eigenvalue weighted by atomic mass is 35.5. The highest BCUT2D eigenvalue weighted by Crippen LogP contribution is 2.54. The van der Waals surface area contributed by atoms with Crippen LogP contribution >= 0.6 is 11.6 Å². The monoisotopic (exact) mass is 499 g/mol. The molecule has 0 aliphatic carbocycles. The van der Waals surface area contributed by atoms with E-state index in [9.17, 15) is 14.4 Å². The predicted molar refractivity (Wildman–Crippen MR) is 137 cm³/mol. The van der Waals surface area contributed by atoms with Gasteiger partial charge in [-0.25, -0.2) is 0 Å². The Kier molecular flexibility index (Phi) is 5.47. The molecule has 0 aromatic heterocycles. The molecule has 0 saturated carbocycles. The summed E-state index contributed by atoms with van der Waals surface area (Å²) in [6.07, 6.45) is 1.10. The first-order valence-corrected chi connectivity index (χ1v) is 12.6. The van der Waals surface area contributed by atoms with Crippen molar-refractivity contribution in [1.82, 2.24) is 10.2 Å². The number of fused-ring (bicyclic) bond motifs is 4. The Hall–Kier alpha value is -3.48. The van der Waals surface area contributed by atoms with Crippen LogP contribution in [0.1, 0.15) is 22.3 Å². The van der Waals surface area contributed by atoms with Gasteiger partial charge in [0.25, 0.3) is 0 Å². The third kappa shape index (κ3) is 3.32. The molecule has 3 aliphatic heterocycles. The van der Waals surface area contributed by atoms with Crippen LogP contribution in [0.3, 0.4) is 0 Å². The first-order chi connectivity index (χ1) is 17.4. The summed E-state index contributed by atoms with van der Waals surface area (Å²) >= 11 is 6.36. The van der Waals surface area contributed by atoms with Gasteiger partial charge in [-0.1, -0.05) is 78.3 Å². The molecule has 4 atom stereocenters. The number of rotatable bonds is 5. The van der Waals surface area contributed by atoms with Gasteiger partial charge in [-0.3, -0.25) is 24.6 Å². The molecule has 3 aromatic rings. The van der Waals surface area contributed by atoms with Gasteiger partial charge in [-0.15, -0.1) is 0 Å². The highest BCUT2D eigenvalue weighted by molar-refractivity contribution is 6.32. The lowest BCUT2D eigenvalue weighted by molar-refractivity contribution is -0.142. The Morgan fingerprint density at radius 2 is 1.56 bits per heavy atom. The minimum absolute atomic E-state index is 0.210. The molecule has 1 spiro atoms. The van der Waals surface area contributed by atoms with E-state index in [4.69, 9.17) is 11.6 Å². The summed E-state index contributed by atoms with van der Waals surface area (Å²) < 4.78 is 0. The van der Waals surface area contributed by atoms with Crippen LogP contribution in [0.4, 0.5) is 5.69 Å². The molecule has 3 heterocycles. The fraction of sp³-hybridized carbons (Fsp3) is 0.276. The number of imide groups is 1. The fourth-order valence-electron chi connectivity index (χ4n) is 6.20. The number of benzene rings is 3. The summed E-state index contributed by atoms with van der Waals surface area (Å²) in [6.45, 7) is 2.14. The van der Waals surface area contributed by atoms with Gasteiger partial charge < -0.3 is 5.32 Å². The second kappa shape index (κ2) is 8.57. The van der Waals surface area contributed by atoms with Gasteiger partial charge in [0.15, 0.2) is 0 Å². The van der Waals surface area contributed by atoms with E-state index in [2.05, 4.69) is 10.6 Å². The van der Waals surface area contributed by atoms with Crippen LogP contribution in [0.25, 0.3) is 0 Å². The maximum atomic E-state index is 13.9. The van der Waals surface area contributed by atoms with E-state index >= 15 is 0 Å². The molecular weight excluding hydrogens is 474 g/mol. The average Bonchev–Trinajstić information content (AvgIpc) is 3.46. The smallest absolute Gasteiger partial charge is 0.250 e. The second-order valence-corrected chi connectivity index (χ2v) is 10.3. The lowest BCUT2D eigenvalue weighted by Crippen LogP contribution is -2.53. The standard InChI is InChI=1S/C29H26ClN3O3/c1-17-21(30)13-12-20-25(17)31-28(36)29(20)24-23(22(32-29)16-19-10-6-3-7-11-19)26(34)33(27(24)35)15-14-18-8-4-2-5-9-18/h2-13,22-24,32H,14-16H2,1H3,(H,31,36)/t22-,23+,24-,29+/m0/s1. The summed E-state index contributed by atoms with van der Waals surface area (Å²) in [4.78, 5) is 42.8. The Morgan fingerprint density at radius 1 is 0.889 bits per heavy atom. The van der Waals surface area contributed by atoms with Gasteiger partial charge in [0.2, 0.25) is 17.7 Å². The topological polar surface area (TPSA) is 78.5 Å². The summed E-state index contributed by atoms with van der Waals surface area (Å²) in [6, 6.07) is 22.8. The van der Waals surface area contributed by atoms with Gasteiger partial charge in [-0.05, 0) is 42.5 Å². The number of carbonyl (C=O) groups is 3. The minimum Gasteiger partial charge on any atom is -0.324 e. The van der Waals surface area contributed by atoms with Crippen LogP contribution in [0.5, 0.6) is 0 Å². The Morgan fingerprint density at radius 3 is 2.25 bits per heavy atom. The normalized spacial score (nSPS) is 26.4. The average molecular weight is 500 g/mol. The van der Waals surface area contributed by atoms with E-state index in [1.165, 1.54) is 4.90 Å². The molecule has 7 heteroatoms. The molecule has 2 N–H and O–H groups in total. The third-order valence-electron chi connectivity index (χ3n) is 7.94. The lowest BCUT2D eigenvalue weighted by atomic mass is 9.76. The van der Waals surface area contributed by atoms with Crippen molar-refractivity contribution in [2.75, 3.05) is 11.9 Å². The van der Waals surface area contributed by atoms with Crippen LogP contribution < -0.4 is 10.6 Å². The molecule has 0 radical (unpaired) electrons. The van der Waals surface area contributed by atoms with Gasteiger partial charge in [0, 0.05) is 23.2 Å². The molecule has 0 unspecified atom stereocenters. The summed E-state index contributed by atoms with van der Waals surface area (Å²) in [5, 5.41) is 7.02. The molecule has 182 valence electrons. The number of hydrogen-bond donors (Lipinski definition) is 2. The molecular formula is C29H26ClN3O3. The van der Waals surface area contributed by atoms with E-state index in [-0.39, 0.29) is 30.3 Å². The van der Waals surface area contributed by atoms with Crippen LogP contribution in [-0.4, -0.2) is 35.2 Å². The summed E-state index contributed by atoms with van der Waals surface area (Å²) in [5.74, 6) is -2.27. The van der Waals surface area contributed by atoms with Gasteiger partial charge in [-0.2, -0.15) is 0 Å². The number of carbonyl (C=O) groups excluding carboxylic acids is 3. The zero-order valence-corrected chi connectivity index (χ0v) is 20.6. The van der Waals surface area contributed by atoms with E-state index < -0.39 is 17.4 Å². The number of nitrogens with one attached hydrogen (secondary N) is 2. The Balaban J connectivity index is 1.42. The number of hydrogen-bond acceptors (Lipinski definition) is 4. The number of likely N-dealkylation sites (tertiary alicyclic amines) is 1. The molecule has 2 saturated heterocycles. The number of anilines is 1. The third-order valence-corrected chi connectivity index (χ3v) is 8.35. The minimum atomic E-state index is -1.32. The summed E-state index contributed by atoms with van der Waals surface area (Å²) in [5.41, 5.74) is 2.84. The van der Waals surface area contributed by atoms with E-state index in [1.54, 1.807) is 6.07 Å². The second-order valence-electron chi connectivity index (χ2n) is 9.86. The quantitative estimate of drug-likeness (QED) is 0.523. The molecule has 3 aromatic carbocycles. The van der Waals surface area contributed by atoms with Crippen molar-refractivity contribution in [3.05, 3.63) is 100 Å². The zero-order chi connectivity index (χ0) is 25.0. The zero-order valence-electron chi connectivity index (χ0n) is 19.8. The molecule has 3 aliphatic rings. The molecule has 6 nitrogen and oxygen atoms in total.